The lowest BCUT2D eigenvalue weighted by atomic mass is 9.89. The standard InChI is InChI=1S/C24H36N3O4P/c1-30-20-12-18(13-21(32)14-20)23(29)25-15-17-2-8-27(9-3-17)16-22(28)26-24(6-7-24)19-4-10-31-11-5-19/h12-14,17,19H,2-11,15-16,32H2,1H3,(H,25,29)(H,26,28). The molecule has 2 aliphatic heterocycles. The van der Waals surface area contributed by atoms with Crippen molar-refractivity contribution in [3.05, 3.63) is 23.8 Å². The van der Waals surface area contributed by atoms with Crippen molar-refractivity contribution in [1.82, 2.24) is 15.5 Å². The lowest BCUT2D eigenvalue weighted by Crippen LogP contribution is -2.49. The zero-order valence-corrected chi connectivity index (χ0v) is 20.2. The first kappa shape index (κ1) is 23.5. The summed E-state index contributed by atoms with van der Waals surface area (Å²) in [5.41, 5.74) is 0.655. The third-order valence-corrected chi connectivity index (χ3v) is 7.57. The zero-order valence-electron chi connectivity index (χ0n) is 19.0. The number of hydrogen-bond donors (Lipinski definition) is 2. The third-order valence-electron chi connectivity index (χ3n) is 7.23. The molecule has 3 fully saturated rings. The molecule has 1 atom stereocenters. The van der Waals surface area contributed by atoms with Crippen LogP contribution < -0.4 is 20.7 Å². The van der Waals surface area contributed by atoms with E-state index in [1.54, 1.807) is 13.2 Å². The molecule has 1 unspecified atom stereocenters. The number of methoxy groups -OCH3 is 1. The summed E-state index contributed by atoms with van der Waals surface area (Å²) in [5, 5.41) is 7.35. The highest BCUT2D eigenvalue weighted by atomic mass is 31.0. The maximum atomic E-state index is 12.7. The summed E-state index contributed by atoms with van der Waals surface area (Å²) < 4.78 is 10.7. The van der Waals surface area contributed by atoms with Crippen LogP contribution in [-0.2, 0) is 9.53 Å². The Bertz CT molecular complexity index is 815. The monoisotopic (exact) mass is 461 g/mol. The first-order valence-corrected chi connectivity index (χ1v) is 12.4. The van der Waals surface area contributed by atoms with E-state index in [1.807, 2.05) is 12.1 Å². The third kappa shape index (κ3) is 6.00. The van der Waals surface area contributed by atoms with Crippen molar-refractivity contribution in [2.75, 3.05) is 46.5 Å². The van der Waals surface area contributed by atoms with Crippen LogP contribution >= 0.6 is 9.24 Å². The molecule has 0 bridgehead atoms. The van der Waals surface area contributed by atoms with Crippen molar-refractivity contribution >= 4 is 26.4 Å². The van der Waals surface area contributed by atoms with Gasteiger partial charge in [0.05, 0.1) is 13.7 Å². The Hall–Kier alpha value is -1.69. The Labute approximate surface area is 193 Å². The minimum Gasteiger partial charge on any atom is -0.497 e. The van der Waals surface area contributed by atoms with Crippen molar-refractivity contribution in [3.8, 4) is 5.75 Å². The molecule has 2 saturated heterocycles. The molecule has 2 N–H and O–H groups in total. The molecule has 1 aromatic rings. The van der Waals surface area contributed by atoms with Crippen LogP contribution in [0.25, 0.3) is 0 Å². The summed E-state index contributed by atoms with van der Waals surface area (Å²) in [5.74, 6) is 1.78. The normalized spacial score (nSPS) is 21.7. The van der Waals surface area contributed by atoms with Crippen LogP contribution in [0.5, 0.6) is 5.75 Å². The summed E-state index contributed by atoms with van der Waals surface area (Å²) in [6, 6.07) is 5.48. The summed E-state index contributed by atoms with van der Waals surface area (Å²) in [7, 11) is 4.21. The smallest absolute Gasteiger partial charge is 0.251 e. The number of benzene rings is 1. The molecule has 176 valence electrons. The number of carbonyl (C=O) groups excluding carboxylic acids is 2. The molecule has 2 heterocycles. The van der Waals surface area contributed by atoms with Crippen LogP contribution in [0.15, 0.2) is 18.2 Å². The van der Waals surface area contributed by atoms with Gasteiger partial charge in [0.15, 0.2) is 0 Å². The molecule has 8 heteroatoms. The van der Waals surface area contributed by atoms with E-state index >= 15 is 0 Å². The van der Waals surface area contributed by atoms with Gasteiger partial charge in [-0.05, 0) is 87.0 Å². The Kier molecular flexibility index (Phi) is 7.70. The largest absolute Gasteiger partial charge is 0.497 e. The molecule has 0 spiro atoms. The Balaban J connectivity index is 1.17. The minimum absolute atomic E-state index is 0.0421. The van der Waals surface area contributed by atoms with E-state index in [0.29, 0.717) is 36.2 Å². The van der Waals surface area contributed by atoms with E-state index in [0.717, 1.165) is 70.1 Å². The van der Waals surface area contributed by atoms with Crippen molar-refractivity contribution in [3.63, 3.8) is 0 Å². The highest BCUT2D eigenvalue weighted by Crippen LogP contribution is 2.46. The van der Waals surface area contributed by atoms with Crippen molar-refractivity contribution in [1.29, 1.82) is 0 Å². The molecule has 7 nitrogen and oxygen atoms in total. The van der Waals surface area contributed by atoms with Gasteiger partial charge in [0.1, 0.15) is 5.75 Å². The lowest BCUT2D eigenvalue weighted by molar-refractivity contribution is -0.124. The fraction of sp³-hybridized carbons (Fsp3) is 0.667. The van der Waals surface area contributed by atoms with Crippen molar-refractivity contribution in [2.24, 2.45) is 11.8 Å². The average molecular weight is 462 g/mol. The van der Waals surface area contributed by atoms with Crippen LogP contribution in [0.2, 0.25) is 0 Å². The number of rotatable bonds is 8. The van der Waals surface area contributed by atoms with Crippen LogP contribution in [0.3, 0.4) is 0 Å². The second-order valence-electron chi connectivity index (χ2n) is 9.52. The van der Waals surface area contributed by atoms with E-state index in [1.165, 1.54) is 0 Å². The van der Waals surface area contributed by atoms with Gasteiger partial charge >= 0.3 is 0 Å². The number of hydrogen-bond acceptors (Lipinski definition) is 5. The van der Waals surface area contributed by atoms with Crippen LogP contribution in [0, 0.1) is 11.8 Å². The second-order valence-corrected chi connectivity index (χ2v) is 10.2. The Morgan fingerprint density at radius 2 is 1.88 bits per heavy atom. The summed E-state index contributed by atoms with van der Waals surface area (Å²) in [6.45, 7) is 4.58. The van der Waals surface area contributed by atoms with Crippen LogP contribution in [0.1, 0.15) is 48.9 Å². The SMILES string of the molecule is COc1cc(P)cc(C(=O)NCC2CCN(CC(=O)NC3(C4CCOCC4)CC3)CC2)c1. The molecule has 1 saturated carbocycles. The molecule has 3 aliphatic rings. The van der Waals surface area contributed by atoms with Gasteiger partial charge in [-0.3, -0.25) is 14.5 Å². The summed E-state index contributed by atoms with van der Waals surface area (Å²) >= 11 is 0. The van der Waals surface area contributed by atoms with Gasteiger partial charge in [0.2, 0.25) is 5.91 Å². The van der Waals surface area contributed by atoms with E-state index in [-0.39, 0.29) is 17.4 Å². The molecule has 4 rings (SSSR count). The molecule has 32 heavy (non-hydrogen) atoms. The summed E-state index contributed by atoms with van der Waals surface area (Å²) in [6.07, 6.45) is 6.32. The number of nitrogens with zero attached hydrogens (tertiary/aromatic N) is 1. The number of amides is 2. The van der Waals surface area contributed by atoms with Gasteiger partial charge in [-0.15, -0.1) is 9.24 Å². The topological polar surface area (TPSA) is 79.9 Å². The molecule has 2 amide bonds. The van der Waals surface area contributed by atoms with Gasteiger partial charge in [-0.2, -0.15) is 0 Å². The molecule has 1 aliphatic carbocycles. The van der Waals surface area contributed by atoms with Gasteiger partial charge < -0.3 is 20.1 Å². The first-order valence-electron chi connectivity index (χ1n) is 11.8. The van der Waals surface area contributed by atoms with Crippen molar-refractivity contribution < 1.29 is 19.1 Å². The summed E-state index contributed by atoms with van der Waals surface area (Å²) in [4.78, 5) is 27.5. The molecule has 0 radical (unpaired) electrons. The van der Waals surface area contributed by atoms with E-state index < -0.39 is 0 Å². The number of likely N-dealkylation sites (tertiary alicyclic amines) is 1. The van der Waals surface area contributed by atoms with Crippen molar-refractivity contribution in [2.45, 2.75) is 44.1 Å². The highest BCUT2D eigenvalue weighted by molar-refractivity contribution is 7.27. The minimum atomic E-state index is -0.0720. The lowest BCUT2D eigenvalue weighted by Gasteiger charge is -2.34. The highest BCUT2D eigenvalue weighted by Gasteiger charge is 2.50. The van der Waals surface area contributed by atoms with Crippen LogP contribution in [-0.4, -0.2) is 68.8 Å². The molecular formula is C24H36N3O4P. The van der Waals surface area contributed by atoms with Gasteiger partial charge in [0.25, 0.3) is 5.91 Å². The number of carbonyl (C=O) groups is 2. The van der Waals surface area contributed by atoms with E-state index in [2.05, 4.69) is 24.8 Å². The average Bonchev–Trinajstić information content (AvgIpc) is 3.59. The molecular weight excluding hydrogens is 425 g/mol. The van der Waals surface area contributed by atoms with Gasteiger partial charge in [0, 0.05) is 30.9 Å². The van der Waals surface area contributed by atoms with E-state index in [9.17, 15) is 9.59 Å². The van der Waals surface area contributed by atoms with E-state index in [4.69, 9.17) is 9.47 Å². The fourth-order valence-corrected chi connectivity index (χ4v) is 5.44. The quantitative estimate of drug-likeness (QED) is 0.577. The molecule has 1 aromatic carbocycles. The number of nitrogens with one attached hydrogen (secondary N) is 2. The Morgan fingerprint density at radius 1 is 1.16 bits per heavy atom. The number of ether oxygens (including phenoxy) is 2. The van der Waals surface area contributed by atoms with Crippen LogP contribution in [0.4, 0.5) is 0 Å². The second kappa shape index (κ2) is 10.5. The Morgan fingerprint density at radius 3 is 2.53 bits per heavy atom. The fourth-order valence-electron chi connectivity index (χ4n) is 5.10. The van der Waals surface area contributed by atoms with Gasteiger partial charge in [-0.25, -0.2) is 0 Å². The molecule has 0 aromatic heterocycles. The predicted octanol–water partition coefficient (Wildman–Crippen LogP) is 1.71. The number of piperidine rings is 1. The van der Waals surface area contributed by atoms with Gasteiger partial charge in [-0.1, -0.05) is 0 Å². The zero-order chi connectivity index (χ0) is 22.6. The first-order chi connectivity index (χ1) is 15.5. The maximum Gasteiger partial charge on any atom is 0.251 e. The maximum absolute atomic E-state index is 12.7. The predicted molar refractivity (Wildman–Crippen MR) is 127 cm³/mol.